The molecule has 0 spiro atoms. The molecule has 0 N–H and O–H groups in total. The number of ether oxygens (including phenoxy) is 1. The molecular formula is C20H22FNO. The van der Waals surface area contributed by atoms with E-state index in [1.807, 2.05) is 12.1 Å². The van der Waals surface area contributed by atoms with Crippen molar-refractivity contribution in [1.29, 1.82) is 0 Å². The van der Waals surface area contributed by atoms with Crippen LogP contribution in [-0.2, 0) is 0 Å². The van der Waals surface area contributed by atoms with Gasteiger partial charge in [0.1, 0.15) is 17.7 Å². The number of rotatable bonds is 5. The zero-order valence-corrected chi connectivity index (χ0v) is 13.2. The first-order chi connectivity index (χ1) is 11.3. The highest BCUT2D eigenvalue weighted by Gasteiger charge is 2.31. The molecule has 23 heavy (non-hydrogen) atoms. The molecule has 120 valence electrons. The van der Waals surface area contributed by atoms with Gasteiger partial charge in [-0.2, -0.15) is 0 Å². The predicted octanol–water partition coefficient (Wildman–Crippen LogP) is 4.25. The molecule has 0 bridgehead atoms. The molecule has 1 aliphatic rings. The SMILES string of the molecule is C=CCN1CC[C@H](Oc2ccc(F)cc2)[C@@H](c2ccccc2)C1. The molecule has 1 heterocycles. The summed E-state index contributed by atoms with van der Waals surface area (Å²) in [6.07, 6.45) is 3.00. The van der Waals surface area contributed by atoms with Crippen molar-refractivity contribution in [1.82, 2.24) is 4.90 Å². The minimum absolute atomic E-state index is 0.101. The Kier molecular flexibility index (Phi) is 5.09. The fourth-order valence-corrected chi connectivity index (χ4v) is 3.20. The summed E-state index contributed by atoms with van der Waals surface area (Å²) >= 11 is 0. The molecule has 1 fully saturated rings. The van der Waals surface area contributed by atoms with Crippen molar-refractivity contribution in [3.8, 4) is 5.75 Å². The van der Waals surface area contributed by atoms with Gasteiger partial charge in [0.15, 0.2) is 0 Å². The van der Waals surface area contributed by atoms with E-state index in [1.54, 1.807) is 12.1 Å². The maximum Gasteiger partial charge on any atom is 0.123 e. The molecule has 0 unspecified atom stereocenters. The van der Waals surface area contributed by atoms with E-state index in [2.05, 4.69) is 35.7 Å². The van der Waals surface area contributed by atoms with E-state index in [-0.39, 0.29) is 11.9 Å². The molecule has 3 rings (SSSR count). The summed E-state index contributed by atoms with van der Waals surface area (Å²) in [5.74, 6) is 0.794. The molecule has 0 saturated carbocycles. The minimum atomic E-state index is -0.238. The lowest BCUT2D eigenvalue weighted by atomic mass is 9.87. The molecule has 2 aromatic carbocycles. The summed E-state index contributed by atoms with van der Waals surface area (Å²) in [5.41, 5.74) is 1.29. The number of hydrogen-bond donors (Lipinski definition) is 0. The Bertz CT molecular complexity index is 626. The molecular weight excluding hydrogens is 289 g/mol. The number of likely N-dealkylation sites (tertiary alicyclic amines) is 1. The van der Waals surface area contributed by atoms with Crippen molar-refractivity contribution in [3.05, 3.63) is 78.6 Å². The van der Waals surface area contributed by atoms with E-state index in [4.69, 9.17) is 4.74 Å². The molecule has 0 aromatic heterocycles. The highest BCUT2D eigenvalue weighted by atomic mass is 19.1. The number of hydrogen-bond acceptors (Lipinski definition) is 2. The van der Waals surface area contributed by atoms with Crippen LogP contribution >= 0.6 is 0 Å². The third kappa shape index (κ3) is 3.99. The van der Waals surface area contributed by atoms with Crippen LogP contribution in [-0.4, -0.2) is 30.6 Å². The van der Waals surface area contributed by atoms with Gasteiger partial charge in [-0.3, -0.25) is 4.90 Å². The van der Waals surface area contributed by atoms with Crippen LogP contribution in [0.1, 0.15) is 17.9 Å². The largest absolute Gasteiger partial charge is 0.490 e. The molecule has 0 radical (unpaired) electrons. The van der Waals surface area contributed by atoms with Gasteiger partial charge in [0, 0.05) is 25.6 Å². The lowest BCUT2D eigenvalue weighted by molar-refractivity contribution is 0.0834. The molecule has 3 heteroatoms. The Morgan fingerprint density at radius 3 is 2.57 bits per heavy atom. The van der Waals surface area contributed by atoms with Crippen LogP contribution in [0.15, 0.2) is 67.3 Å². The molecule has 1 aliphatic heterocycles. The number of nitrogens with zero attached hydrogens (tertiary/aromatic N) is 1. The Hall–Kier alpha value is -2.13. The Morgan fingerprint density at radius 1 is 1.13 bits per heavy atom. The van der Waals surface area contributed by atoms with Crippen molar-refractivity contribution in [2.24, 2.45) is 0 Å². The van der Waals surface area contributed by atoms with Gasteiger partial charge in [0.05, 0.1) is 0 Å². The third-order valence-electron chi connectivity index (χ3n) is 4.35. The monoisotopic (exact) mass is 311 g/mol. The second-order valence-electron chi connectivity index (χ2n) is 5.96. The van der Waals surface area contributed by atoms with Gasteiger partial charge in [-0.15, -0.1) is 6.58 Å². The lowest BCUT2D eigenvalue weighted by Gasteiger charge is -2.38. The van der Waals surface area contributed by atoms with E-state index >= 15 is 0 Å². The van der Waals surface area contributed by atoms with Gasteiger partial charge in [0.25, 0.3) is 0 Å². The summed E-state index contributed by atoms with van der Waals surface area (Å²) in [7, 11) is 0. The van der Waals surface area contributed by atoms with Crippen LogP contribution in [0.2, 0.25) is 0 Å². The quantitative estimate of drug-likeness (QED) is 0.766. The van der Waals surface area contributed by atoms with Crippen LogP contribution in [0.5, 0.6) is 5.75 Å². The molecule has 2 nitrogen and oxygen atoms in total. The first kappa shape index (κ1) is 15.8. The zero-order valence-electron chi connectivity index (χ0n) is 13.2. The van der Waals surface area contributed by atoms with Gasteiger partial charge in [0.2, 0.25) is 0 Å². The van der Waals surface area contributed by atoms with Gasteiger partial charge in [-0.1, -0.05) is 36.4 Å². The maximum absolute atomic E-state index is 13.1. The normalized spacial score (nSPS) is 21.8. The van der Waals surface area contributed by atoms with Crippen LogP contribution in [0.4, 0.5) is 4.39 Å². The van der Waals surface area contributed by atoms with Crippen LogP contribution in [0.3, 0.4) is 0 Å². The van der Waals surface area contributed by atoms with Crippen LogP contribution in [0, 0.1) is 5.82 Å². The van der Waals surface area contributed by atoms with Crippen LogP contribution < -0.4 is 4.74 Å². The average Bonchev–Trinajstić information content (AvgIpc) is 2.59. The highest BCUT2D eigenvalue weighted by Crippen LogP contribution is 2.30. The Balaban J connectivity index is 1.79. The summed E-state index contributed by atoms with van der Waals surface area (Å²) < 4.78 is 19.3. The van der Waals surface area contributed by atoms with Gasteiger partial charge in [-0.25, -0.2) is 4.39 Å². The molecule has 2 aromatic rings. The van der Waals surface area contributed by atoms with E-state index < -0.39 is 0 Å². The molecule has 1 saturated heterocycles. The van der Waals surface area contributed by atoms with E-state index in [0.717, 1.165) is 31.8 Å². The summed E-state index contributed by atoms with van der Waals surface area (Å²) in [5, 5.41) is 0. The third-order valence-corrected chi connectivity index (χ3v) is 4.35. The van der Waals surface area contributed by atoms with Crippen molar-refractivity contribution in [2.45, 2.75) is 18.4 Å². The van der Waals surface area contributed by atoms with Crippen molar-refractivity contribution in [2.75, 3.05) is 19.6 Å². The molecule has 0 aliphatic carbocycles. The summed E-state index contributed by atoms with van der Waals surface area (Å²) in [4.78, 5) is 2.40. The van der Waals surface area contributed by atoms with Gasteiger partial charge >= 0.3 is 0 Å². The van der Waals surface area contributed by atoms with Crippen molar-refractivity contribution < 1.29 is 9.13 Å². The van der Waals surface area contributed by atoms with E-state index in [0.29, 0.717) is 5.92 Å². The average molecular weight is 311 g/mol. The molecule has 2 atom stereocenters. The maximum atomic E-state index is 13.1. The van der Waals surface area contributed by atoms with Crippen molar-refractivity contribution >= 4 is 0 Å². The van der Waals surface area contributed by atoms with Gasteiger partial charge < -0.3 is 4.74 Å². The zero-order chi connectivity index (χ0) is 16.1. The van der Waals surface area contributed by atoms with E-state index in [9.17, 15) is 4.39 Å². The smallest absolute Gasteiger partial charge is 0.123 e. The minimum Gasteiger partial charge on any atom is -0.490 e. The lowest BCUT2D eigenvalue weighted by Crippen LogP contribution is -2.44. The predicted molar refractivity (Wildman–Crippen MR) is 91.3 cm³/mol. The standard InChI is InChI=1S/C20H22FNO/c1-2-13-22-14-12-20(23-18-10-8-17(21)9-11-18)19(15-22)16-6-4-3-5-7-16/h2-11,19-20H,1,12-15H2/t19-,20+/m1/s1. The molecule has 0 amide bonds. The topological polar surface area (TPSA) is 12.5 Å². The Morgan fingerprint density at radius 2 is 1.87 bits per heavy atom. The number of piperidine rings is 1. The van der Waals surface area contributed by atoms with Crippen molar-refractivity contribution in [3.63, 3.8) is 0 Å². The van der Waals surface area contributed by atoms with E-state index in [1.165, 1.54) is 17.7 Å². The fraction of sp³-hybridized carbons (Fsp3) is 0.300. The second kappa shape index (κ2) is 7.42. The first-order valence-electron chi connectivity index (χ1n) is 8.06. The van der Waals surface area contributed by atoms with Crippen LogP contribution in [0.25, 0.3) is 0 Å². The van der Waals surface area contributed by atoms with Gasteiger partial charge in [-0.05, 0) is 36.2 Å². The summed E-state index contributed by atoms with van der Waals surface area (Å²) in [6, 6.07) is 16.8. The second-order valence-corrected chi connectivity index (χ2v) is 5.96. The highest BCUT2D eigenvalue weighted by molar-refractivity contribution is 5.26. The first-order valence-corrected chi connectivity index (χ1v) is 8.06. The summed E-state index contributed by atoms with van der Waals surface area (Å²) in [6.45, 7) is 6.67. The number of halogens is 1. The Labute approximate surface area is 137 Å². The fourth-order valence-electron chi connectivity index (χ4n) is 3.20. The number of benzene rings is 2.